The summed E-state index contributed by atoms with van der Waals surface area (Å²) in [5.74, 6) is -2.72. The Morgan fingerprint density at radius 3 is 2.71 bits per heavy atom. The molecule has 0 aromatic carbocycles. The van der Waals surface area contributed by atoms with E-state index in [1.165, 1.54) is 18.3 Å². The molecule has 10 heteroatoms. The average Bonchev–Trinajstić information content (AvgIpc) is 3.05. The fourth-order valence-corrected chi connectivity index (χ4v) is 6.04. The van der Waals surface area contributed by atoms with Crippen LogP contribution < -0.4 is 16.0 Å². The van der Waals surface area contributed by atoms with Crippen LogP contribution in [0.1, 0.15) is 62.0 Å². The molecule has 1 aliphatic heterocycles. The molecule has 1 aromatic rings. The Morgan fingerprint density at radius 1 is 1.29 bits per heavy atom. The molecule has 34 heavy (non-hydrogen) atoms. The molecule has 0 bridgehead atoms. The zero-order chi connectivity index (χ0) is 25.1. The summed E-state index contributed by atoms with van der Waals surface area (Å²) in [6, 6.07) is -0.532. The van der Waals surface area contributed by atoms with Gasteiger partial charge in [0.05, 0.1) is 5.00 Å². The smallest absolute Gasteiger partial charge is 0.320 e. The standard InChI is InChI=1S/C24H34F4N3OPS/c1-4-5-6-16-12-29-10-8-18(16)19(15(3)24(27,28)33)13-30-22(32)31-21-14(2)17-7-9-23(25,26)11-20(17)34-21/h29H,4-13,33H2,1-3H3,(H2,30,31,32)/b19-15+. The predicted molar refractivity (Wildman–Crippen MR) is 134 cm³/mol. The van der Waals surface area contributed by atoms with E-state index in [0.717, 1.165) is 41.5 Å². The number of nitrogens with one attached hydrogen (secondary N) is 3. The van der Waals surface area contributed by atoms with Crippen LogP contribution in [0, 0.1) is 6.92 Å². The van der Waals surface area contributed by atoms with Crippen molar-refractivity contribution in [1.29, 1.82) is 0 Å². The van der Waals surface area contributed by atoms with E-state index in [9.17, 15) is 22.4 Å². The topological polar surface area (TPSA) is 53.2 Å². The summed E-state index contributed by atoms with van der Waals surface area (Å²) < 4.78 is 56.2. The van der Waals surface area contributed by atoms with Crippen LogP contribution in [-0.2, 0) is 12.8 Å². The fourth-order valence-electron chi connectivity index (χ4n) is 4.54. The molecule has 0 saturated carbocycles. The molecule has 0 saturated heterocycles. The van der Waals surface area contributed by atoms with Crippen molar-refractivity contribution in [1.82, 2.24) is 10.6 Å². The van der Waals surface area contributed by atoms with Gasteiger partial charge in [-0.25, -0.2) is 13.6 Å². The maximum Gasteiger partial charge on any atom is 0.320 e. The normalized spacial score (nSPS) is 18.9. The number of hydrogen-bond acceptors (Lipinski definition) is 3. The zero-order valence-electron chi connectivity index (χ0n) is 20.0. The highest BCUT2D eigenvalue weighted by Crippen LogP contribution is 2.42. The van der Waals surface area contributed by atoms with Crippen molar-refractivity contribution >= 4 is 31.6 Å². The molecule has 2 heterocycles. The summed E-state index contributed by atoms with van der Waals surface area (Å²) in [4.78, 5) is 13.3. The van der Waals surface area contributed by atoms with E-state index in [2.05, 4.69) is 22.9 Å². The number of fused-ring (bicyclic) bond motifs is 1. The number of rotatable bonds is 8. The largest absolute Gasteiger partial charge is 0.334 e. The lowest BCUT2D eigenvalue weighted by Crippen LogP contribution is -2.34. The van der Waals surface area contributed by atoms with Crippen molar-refractivity contribution in [3.05, 3.63) is 38.3 Å². The number of carbonyl (C=O) groups is 1. The third-order valence-corrected chi connectivity index (χ3v) is 8.32. The van der Waals surface area contributed by atoms with E-state index in [4.69, 9.17) is 0 Å². The summed E-state index contributed by atoms with van der Waals surface area (Å²) in [7, 11) is 1.59. The maximum absolute atomic E-state index is 14.3. The van der Waals surface area contributed by atoms with E-state index < -0.39 is 17.6 Å². The molecular formula is C24H34F4N3OPS. The molecule has 190 valence electrons. The van der Waals surface area contributed by atoms with Gasteiger partial charge in [0.25, 0.3) is 11.6 Å². The van der Waals surface area contributed by atoms with Crippen LogP contribution in [0.25, 0.3) is 0 Å². The van der Waals surface area contributed by atoms with Gasteiger partial charge < -0.3 is 10.6 Å². The molecular weight excluding hydrogens is 485 g/mol. The summed E-state index contributed by atoms with van der Waals surface area (Å²) >= 11 is 1.17. The van der Waals surface area contributed by atoms with Crippen molar-refractivity contribution in [2.45, 2.75) is 77.3 Å². The first kappa shape index (κ1) is 27.2. The Balaban J connectivity index is 1.78. The van der Waals surface area contributed by atoms with E-state index in [0.29, 0.717) is 35.0 Å². The third kappa shape index (κ3) is 6.61. The lowest BCUT2D eigenvalue weighted by Gasteiger charge is -2.27. The van der Waals surface area contributed by atoms with Crippen molar-refractivity contribution in [2.75, 3.05) is 25.0 Å². The van der Waals surface area contributed by atoms with Crippen LogP contribution in [0.15, 0.2) is 22.3 Å². The van der Waals surface area contributed by atoms with Gasteiger partial charge in [-0.05, 0) is 68.3 Å². The average molecular weight is 520 g/mol. The van der Waals surface area contributed by atoms with Gasteiger partial charge in [0, 0.05) is 36.4 Å². The van der Waals surface area contributed by atoms with Crippen LogP contribution >= 0.6 is 20.6 Å². The molecule has 0 radical (unpaired) electrons. The zero-order valence-corrected chi connectivity index (χ0v) is 21.9. The summed E-state index contributed by atoms with van der Waals surface area (Å²) in [6.07, 6.45) is 3.21. The minimum atomic E-state index is -3.09. The predicted octanol–water partition coefficient (Wildman–Crippen LogP) is 6.57. The second-order valence-electron chi connectivity index (χ2n) is 9.14. The molecule has 3 rings (SSSR count). The molecule has 1 aliphatic carbocycles. The van der Waals surface area contributed by atoms with Crippen LogP contribution in [0.2, 0.25) is 0 Å². The number of halogens is 4. The second kappa shape index (κ2) is 11.1. The molecule has 0 fully saturated rings. The maximum atomic E-state index is 14.3. The lowest BCUT2D eigenvalue weighted by atomic mass is 9.88. The van der Waals surface area contributed by atoms with Gasteiger partial charge in [-0.2, -0.15) is 8.78 Å². The number of allylic oxidation sites excluding steroid dienone is 1. The van der Waals surface area contributed by atoms with E-state index in [-0.39, 0.29) is 31.4 Å². The van der Waals surface area contributed by atoms with Gasteiger partial charge in [0.1, 0.15) is 0 Å². The number of thiophene rings is 1. The Morgan fingerprint density at radius 2 is 2.03 bits per heavy atom. The Hall–Kier alpha value is -1.44. The van der Waals surface area contributed by atoms with Crippen molar-refractivity contribution in [2.24, 2.45) is 0 Å². The molecule has 2 aliphatic rings. The molecule has 1 aromatic heterocycles. The molecule has 1 unspecified atom stereocenters. The molecule has 0 spiro atoms. The SMILES string of the molecule is CCCCC1=C(/C(CNC(=O)Nc2sc3c(c2C)CCC(F)(F)C3)=C(\C)C(F)(F)P)CCNC1. The fraction of sp³-hybridized carbons (Fsp3) is 0.625. The number of unbranched alkanes of at least 4 members (excludes halogenated alkanes) is 1. The minimum Gasteiger partial charge on any atom is -0.334 e. The van der Waals surface area contributed by atoms with Gasteiger partial charge >= 0.3 is 6.03 Å². The van der Waals surface area contributed by atoms with Gasteiger partial charge in [-0.1, -0.05) is 28.2 Å². The first-order valence-corrected chi connectivity index (χ1v) is 13.1. The number of alkyl halides is 4. The summed E-state index contributed by atoms with van der Waals surface area (Å²) in [5.41, 5.74) is 0.996. The number of anilines is 1. The highest BCUT2D eigenvalue weighted by Gasteiger charge is 2.36. The van der Waals surface area contributed by atoms with Crippen LogP contribution in [0.5, 0.6) is 0 Å². The second-order valence-corrected chi connectivity index (χ2v) is 11.0. The summed E-state index contributed by atoms with van der Waals surface area (Å²) in [5, 5.41) is 9.34. The lowest BCUT2D eigenvalue weighted by molar-refractivity contribution is -0.0112. The van der Waals surface area contributed by atoms with E-state index in [1.54, 1.807) is 9.24 Å². The number of urea groups is 1. The van der Waals surface area contributed by atoms with E-state index >= 15 is 0 Å². The summed E-state index contributed by atoms with van der Waals surface area (Å²) in [6.45, 7) is 6.64. The molecule has 3 N–H and O–H groups in total. The molecule has 2 amide bonds. The number of hydrogen-bond donors (Lipinski definition) is 3. The Bertz CT molecular complexity index is 982. The van der Waals surface area contributed by atoms with Gasteiger partial charge in [0.15, 0.2) is 0 Å². The highest BCUT2D eigenvalue weighted by atomic mass is 32.1. The number of amides is 2. The monoisotopic (exact) mass is 519 g/mol. The highest BCUT2D eigenvalue weighted by molar-refractivity contribution is 7.18. The van der Waals surface area contributed by atoms with Gasteiger partial charge in [0.2, 0.25) is 0 Å². The molecule has 4 nitrogen and oxygen atoms in total. The van der Waals surface area contributed by atoms with Crippen LogP contribution in [-0.4, -0.2) is 37.3 Å². The Kier molecular flexibility index (Phi) is 8.85. The van der Waals surface area contributed by atoms with Crippen LogP contribution in [0.3, 0.4) is 0 Å². The quantitative estimate of drug-likeness (QED) is 0.269. The van der Waals surface area contributed by atoms with Crippen molar-refractivity contribution in [3.63, 3.8) is 0 Å². The van der Waals surface area contributed by atoms with E-state index in [1.807, 2.05) is 6.92 Å². The third-order valence-electron chi connectivity index (χ3n) is 6.63. The van der Waals surface area contributed by atoms with Gasteiger partial charge in [-0.15, -0.1) is 11.3 Å². The first-order chi connectivity index (χ1) is 15.9. The molecule has 1 atom stereocenters. The first-order valence-electron chi connectivity index (χ1n) is 11.8. The van der Waals surface area contributed by atoms with Gasteiger partial charge in [-0.3, -0.25) is 5.32 Å². The van der Waals surface area contributed by atoms with Crippen molar-refractivity contribution in [3.8, 4) is 0 Å². The minimum absolute atomic E-state index is 0.0329. The van der Waals surface area contributed by atoms with Crippen LogP contribution in [0.4, 0.5) is 27.4 Å². The van der Waals surface area contributed by atoms with Crippen molar-refractivity contribution < 1.29 is 22.4 Å². The Labute approximate surface area is 205 Å². The number of carbonyl (C=O) groups excluding carboxylic acids is 1.